The van der Waals surface area contributed by atoms with Crippen molar-refractivity contribution in [3.63, 3.8) is 0 Å². The molecule has 0 aliphatic rings. The molecular formula is C25H26N4O5. The second-order valence-electron chi connectivity index (χ2n) is 8.36. The van der Waals surface area contributed by atoms with Crippen LogP contribution in [-0.2, 0) is 16.0 Å². The van der Waals surface area contributed by atoms with Gasteiger partial charge in [0, 0.05) is 30.2 Å². The van der Waals surface area contributed by atoms with Gasteiger partial charge in [-0.2, -0.15) is 0 Å². The fraction of sp³-hybridized carbons (Fsp3) is 0.240. The first kappa shape index (κ1) is 24.4. The van der Waals surface area contributed by atoms with Gasteiger partial charge < -0.3 is 14.8 Å². The van der Waals surface area contributed by atoms with Gasteiger partial charge in [-0.25, -0.2) is 9.59 Å². The summed E-state index contributed by atoms with van der Waals surface area (Å²) in [6, 6.07) is 13.4. The van der Waals surface area contributed by atoms with Gasteiger partial charge in [-0.15, -0.1) is 0 Å². The highest BCUT2D eigenvalue weighted by Gasteiger charge is 2.16. The van der Waals surface area contributed by atoms with E-state index in [1.807, 2.05) is 0 Å². The number of hydrogen-bond acceptors (Lipinski definition) is 7. The molecule has 0 radical (unpaired) electrons. The first-order valence-corrected chi connectivity index (χ1v) is 10.5. The average molecular weight is 463 g/mol. The number of hydrogen-bond donors (Lipinski definition) is 2. The molecule has 3 aromatic rings. The lowest BCUT2D eigenvalue weighted by Gasteiger charge is -2.19. The van der Waals surface area contributed by atoms with Gasteiger partial charge in [-0.3, -0.25) is 20.1 Å². The van der Waals surface area contributed by atoms with Gasteiger partial charge in [0.25, 0.3) is 5.91 Å². The molecule has 0 spiro atoms. The minimum atomic E-state index is -0.582. The van der Waals surface area contributed by atoms with Gasteiger partial charge in [-0.1, -0.05) is 12.1 Å². The second-order valence-corrected chi connectivity index (χ2v) is 8.36. The molecule has 0 aliphatic heterocycles. The number of rotatable bonds is 6. The van der Waals surface area contributed by atoms with Crippen LogP contribution in [0.3, 0.4) is 0 Å². The standard InChI is InChI=1S/C25H26N4O5/c1-25(2,3)34-24(32)29-19-7-5-16(6-8-19)15-28-22(30)17-9-11-26-20(13-17)21-14-18(10-12-27-21)23(31)33-4/h5-14H,15H2,1-4H3,(H,28,30)(H,29,32). The van der Waals surface area contributed by atoms with Crippen molar-refractivity contribution in [3.8, 4) is 11.4 Å². The Morgan fingerprint density at radius 1 is 0.882 bits per heavy atom. The van der Waals surface area contributed by atoms with Gasteiger partial charge in [-0.05, 0) is 62.7 Å². The smallest absolute Gasteiger partial charge is 0.412 e. The van der Waals surface area contributed by atoms with Crippen LogP contribution in [0.2, 0.25) is 0 Å². The predicted octanol–water partition coefficient (Wildman–Crippen LogP) is 4.21. The quantitative estimate of drug-likeness (QED) is 0.527. The number of carbonyl (C=O) groups is 3. The number of benzene rings is 1. The van der Waals surface area contributed by atoms with E-state index in [9.17, 15) is 14.4 Å². The molecule has 0 unspecified atom stereocenters. The molecule has 0 fully saturated rings. The van der Waals surface area contributed by atoms with Crippen molar-refractivity contribution < 1.29 is 23.9 Å². The van der Waals surface area contributed by atoms with E-state index in [2.05, 4.69) is 20.6 Å². The number of anilines is 1. The highest BCUT2D eigenvalue weighted by molar-refractivity contribution is 5.95. The Balaban J connectivity index is 1.61. The monoisotopic (exact) mass is 462 g/mol. The zero-order chi connectivity index (χ0) is 24.7. The maximum Gasteiger partial charge on any atom is 0.412 e. The maximum absolute atomic E-state index is 12.7. The first-order chi connectivity index (χ1) is 16.1. The number of nitrogens with zero attached hydrogens (tertiary/aromatic N) is 2. The van der Waals surface area contributed by atoms with E-state index in [1.54, 1.807) is 69.3 Å². The highest BCUT2D eigenvalue weighted by atomic mass is 16.6. The molecule has 176 valence electrons. The van der Waals surface area contributed by atoms with Crippen molar-refractivity contribution >= 4 is 23.7 Å². The lowest BCUT2D eigenvalue weighted by atomic mass is 10.1. The fourth-order valence-corrected chi connectivity index (χ4v) is 2.94. The number of amides is 2. The summed E-state index contributed by atoms with van der Waals surface area (Å²) in [6.45, 7) is 5.67. The Labute approximate surface area is 197 Å². The maximum atomic E-state index is 12.7. The van der Waals surface area contributed by atoms with E-state index < -0.39 is 17.7 Å². The van der Waals surface area contributed by atoms with E-state index in [1.165, 1.54) is 19.5 Å². The molecule has 0 atom stereocenters. The molecule has 0 saturated heterocycles. The Hall–Kier alpha value is -4.27. The Morgan fingerprint density at radius 2 is 1.47 bits per heavy atom. The summed E-state index contributed by atoms with van der Waals surface area (Å²) in [5.74, 6) is -0.770. The second kappa shape index (κ2) is 10.6. The summed E-state index contributed by atoms with van der Waals surface area (Å²) in [5.41, 5.74) is 2.50. The summed E-state index contributed by atoms with van der Waals surface area (Å²) in [4.78, 5) is 44.8. The lowest BCUT2D eigenvalue weighted by Crippen LogP contribution is -2.27. The molecule has 0 aliphatic carbocycles. The van der Waals surface area contributed by atoms with Crippen molar-refractivity contribution in [1.82, 2.24) is 15.3 Å². The van der Waals surface area contributed by atoms with E-state index in [0.717, 1.165) is 5.56 Å². The van der Waals surface area contributed by atoms with Crippen LogP contribution in [0, 0.1) is 0 Å². The molecule has 0 bridgehead atoms. The molecule has 2 aromatic heterocycles. The summed E-state index contributed by atoms with van der Waals surface area (Å²) in [7, 11) is 1.30. The van der Waals surface area contributed by atoms with Crippen LogP contribution in [0.5, 0.6) is 0 Å². The predicted molar refractivity (Wildman–Crippen MR) is 126 cm³/mol. The van der Waals surface area contributed by atoms with E-state index in [0.29, 0.717) is 34.7 Å². The largest absolute Gasteiger partial charge is 0.465 e. The van der Waals surface area contributed by atoms with Crippen LogP contribution in [0.1, 0.15) is 47.1 Å². The third kappa shape index (κ3) is 6.86. The van der Waals surface area contributed by atoms with Crippen molar-refractivity contribution in [1.29, 1.82) is 0 Å². The molecule has 1 aromatic carbocycles. The van der Waals surface area contributed by atoms with E-state index >= 15 is 0 Å². The van der Waals surface area contributed by atoms with Crippen molar-refractivity contribution in [2.45, 2.75) is 32.9 Å². The van der Waals surface area contributed by atoms with Crippen molar-refractivity contribution in [2.24, 2.45) is 0 Å². The Morgan fingerprint density at radius 3 is 2.06 bits per heavy atom. The van der Waals surface area contributed by atoms with Gasteiger partial charge >= 0.3 is 12.1 Å². The zero-order valence-electron chi connectivity index (χ0n) is 19.4. The normalized spacial score (nSPS) is 10.8. The van der Waals surface area contributed by atoms with E-state index in [4.69, 9.17) is 9.47 Å². The molecule has 0 saturated carbocycles. The molecule has 9 heteroatoms. The summed E-state index contributed by atoms with van der Waals surface area (Å²) in [6.07, 6.45) is 2.46. The summed E-state index contributed by atoms with van der Waals surface area (Å²) in [5, 5.41) is 5.51. The lowest BCUT2D eigenvalue weighted by molar-refractivity contribution is 0.0598. The summed E-state index contributed by atoms with van der Waals surface area (Å²) >= 11 is 0. The number of carbonyl (C=O) groups excluding carboxylic acids is 3. The zero-order valence-corrected chi connectivity index (χ0v) is 19.4. The third-order valence-corrected chi connectivity index (χ3v) is 4.52. The van der Waals surface area contributed by atoms with Gasteiger partial charge in [0.15, 0.2) is 0 Å². The number of esters is 1. The number of nitrogens with one attached hydrogen (secondary N) is 2. The number of pyridine rings is 2. The topological polar surface area (TPSA) is 120 Å². The minimum Gasteiger partial charge on any atom is -0.465 e. The van der Waals surface area contributed by atoms with Crippen LogP contribution in [0.15, 0.2) is 60.9 Å². The van der Waals surface area contributed by atoms with Crippen LogP contribution < -0.4 is 10.6 Å². The van der Waals surface area contributed by atoms with Crippen molar-refractivity contribution in [3.05, 3.63) is 77.6 Å². The van der Waals surface area contributed by atoms with Crippen LogP contribution >= 0.6 is 0 Å². The minimum absolute atomic E-state index is 0.288. The number of ether oxygens (including phenoxy) is 2. The van der Waals surface area contributed by atoms with E-state index in [-0.39, 0.29) is 5.91 Å². The Kier molecular flexibility index (Phi) is 7.57. The van der Waals surface area contributed by atoms with Gasteiger partial charge in [0.05, 0.1) is 24.1 Å². The number of methoxy groups -OCH3 is 1. The molecule has 2 heterocycles. The average Bonchev–Trinajstić information content (AvgIpc) is 2.82. The highest BCUT2D eigenvalue weighted by Crippen LogP contribution is 2.18. The van der Waals surface area contributed by atoms with Crippen molar-refractivity contribution in [2.75, 3.05) is 12.4 Å². The molecular weight excluding hydrogens is 436 g/mol. The number of aromatic nitrogens is 2. The summed E-state index contributed by atoms with van der Waals surface area (Å²) < 4.78 is 9.96. The fourth-order valence-electron chi connectivity index (χ4n) is 2.94. The molecule has 3 rings (SSSR count). The Bertz CT molecular complexity index is 1190. The first-order valence-electron chi connectivity index (χ1n) is 10.5. The molecule has 2 N–H and O–H groups in total. The van der Waals surface area contributed by atoms with Gasteiger partial charge in [0.1, 0.15) is 5.60 Å². The molecule has 2 amide bonds. The van der Waals surface area contributed by atoms with Crippen LogP contribution in [-0.4, -0.2) is 40.6 Å². The van der Waals surface area contributed by atoms with Crippen LogP contribution in [0.4, 0.5) is 10.5 Å². The molecule has 34 heavy (non-hydrogen) atoms. The van der Waals surface area contributed by atoms with Gasteiger partial charge in [0.2, 0.25) is 0 Å². The van der Waals surface area contributed by atoms with Crippen LogP contribution in [0.25, 0.3) is 11.4 Å². The molecule has 9 nitrogen and oxygen atoms in total. The third-order valence-electron chi connectivity index (χ3n) is 4.52. The SMILES string of the molecule is COC(=O)c1ccnc(-c2cc(C(=O)NCc3ccc(NC(=O)OC(C)(C)C)cc3)ccn2)c1.